The number of benzene rings is 3. The SMILES string of the molecule is CC[C@@H](NC(=O)COC(=O)c1ccc(C(=O)c2ccccc2)cc1)c1ccc(C)cc1. The number of esters is 1. The Morgan fingerprint density at radius 3 is 2.00 bits per heavy atom. The van der Waals surface area contributed by atoms with Gasteiger partial charge >= 0.3 is 5.97 Å². The van der Waals surface area contributed by atoms with E-state index >= 15 is 0 Å². The molecule has 0 unspecified atom stereocenters. The molecule has 31 heavy (non-hydrogen) atoms. The second-order valence-electron chi connectivity index (χ2n) is 7.29. The fourth-order valence-corrected chi connectivity index (χ4v) is 3.18. The monoisotopic (exact) mass is 415 g/mol. The van der Waals surface area contributed by atoms with E-state index in [0.717, 1.165) is 17.5 Å². The highest BCUT2D eigenvalue weighted by atomic mass is 16.5. The largest absolute Gasteiger partial charge is 0.452 e. The zero-order valence-corrected chi connectivity index (χ0v) is 17.6. The predicted molar refractivity (Wildman–Crippen MR) is 119 cm³/mol. The Kier molecular flexibility index (Phi) is 7.33. The van der Waals surface area contributed by atoms with Gasteiger partial charge in [0.25, 0.3) is 5.91 Å². The van der Waals surface area contributed by atoms with Crippen molar-refractivity contribution >= 4 is 17.7 Å². The molecule has 3 rings (SSSR count). The molecule has 0 fully saturated rings. The van der Waals surface area contributed by atoms with Crippen LogP contribution in [-0.2, 0) is 9.53 Å². The van der Waals surface area contributed by atoms with Gasteiger partial charge in [-0.05, 0) is 31.0 Å². The van der Waals surface area contributed by atoms with E-state index < -0.39 is 5.97 Å². The third-order valence-corrected chi connectivity index (χ3v) is 4.98. The number of hydrogen-bond donors (Lipinski definition) is 1. The maximum Gasteiger partial charge on any atom is 0.338 e. The first-order valence-corrected chi connectivity index (χ1v) is 10.2. The molecule has 5 nitrogen and oxygen atoms in total. The molecule has 0 radical (unpaired) electrons. The van der Waals surface area contributed by atoms with Gasteiger partial charge in [-0.15, -0.1) is 0 Å². The summed E-state index contributed by atoms with van der Waals surface area (Å²) in [5.41, 5.74) is 3.49. The fourth-order valence-electron chi connectivity index (χ4n) is 3.18. The summed E-state index contributed by atoms with van der Waals surface area (Å²) >= 11 is 0. The third-order valence-electron chi connectivity index (χ3n) is 4.98. The van der Waals surface area contributed by atoms with E-state index in [1.165, 1.54) is 12.1 Å². The van der Waals surface area contributed by atoms with E-state index in [0.29, 0.717) is 11.1 Å². The number of carbonyl (C=O) groups is 3. The Morgan fingerprint density at radius 2 is 1.39 bits per heavy atom. The van der Waals surface area contributed by atoms with Gasteiger partial charge in [-0.2, -0.15) is 0 Å². The lowest BCUT2D eigenvalue weighted by Crippen LogP contribution is -2.32. The lowest BCUT2D eigenvalue weighted by atomic mass is 10.0. The number of ketones is 1. The smallest absolute Gasteiger partial charge is 0.338 e. The van der Waals surface area contributed by atoms with Crippen LogP contribution in [0.4, 0.5) is 0 Å². The lowest BCUT2D eigenvalue weighted by Gasteiger charge is -2.17. The van der Waals surface area contributed by atoms with Crippen molar-refractivity contribution in [3.05, 3.63) is 107 Å². The number of rotatable bonds is 8. The van der Waals surface area contributed by atoms with Gasteiger partial charge in [0.05, 0.1) is 11.6 Å². The molecule has 1 atom stereocenters. The molecule has 0 heterocycles. The number of nitrogens with one attached hydrogen (secondary N) is 1. The molecule has 3 aromatic rings. The van der Waals surface area contributed by atoms with Crippen molar-refractivity contribution in [1.82, 2.24) is 5.32 Å². The first-order valence-electron chi connectivity index (χ1n) is 10.2. The first-order chi connectivity index (χ1) is 15.0. The minimum Gasteiger partial charge on any atom is -0.452 e. The third kappa shape index (κ3) is 5.89. The predicted octanol–water partition coefficient (Wildman–Crippen LogP) is 4.65. The molecular formula is C26H25NO4. The summed E-state index contributed by atoms with van der Waals surface area (Å²) in [5, 5.41) is 2.89. The van der Waals surface area contributed by atoms with Crippen molar-refractivity contribution in [2.75, 3.05) is 6.61 Å². The molecule has 0 aliphatic heterocycles. The van der Waals surface area contributed by atoms with Crippen molar-refractivity contribution < 1.29 is 19.1 Å². The van der Waals surface area contributed by atoms with E-state index in [1.54, 1.807) is 36.4 Å². The molecule has 158 valence electrons. The second kappa shape index (κ2) is 10.3. The van der Waals surface area contributed by atoms with Gasteiger partial charge in [0.2, 0.25) is 0 Å². The van der Waals surface area contributed by atoms with Crippen LogP contribution in [0.3, 0.4) is 0 Å². The van der Waals surface area contributed by atoms with Crippen LogP contribution in [0.2, 0.25) is 0 Å². The molecule has 1 N–H and O–H groups in total. The molecule has 0 aromatic heterocycles. The highest BCUT2D eigenvalue weighted by molar-refractivity contribution is 6.09. The fraction of sp³-hybridized carbons (Fsp3) is 0.192. The second-order valence-corrected chi connectivity index (χ2v) is 7.29. The Labute approximate surface area is 182 Å². The van der Waals surface area contributed by atoms with Crippen LogP contribution in [0, 0.1) is 6.92 Å². The van der Waals surface area contributed by atoms with Crippen molar-refractivity contribution in [3.8, 4) is 0 Å². The van der Waals surface area contributed by atoms with Gasteiger partial charge in [0, 0.05) is 11.1 Å². The highest BCUT2D eigenvalue weighted by Gasteiger charge is 2.16. The van der Waals surface area contributed by atoms with Crippen LogP contribution in [-0.4, -0.2) is 24.3 Å². The van der Waals surface area contributed by atoms with Crippen molar-refractivity contribution in [2.24, 2.45) is 0 Å². The van der Waals surface area contributed by atoms with E-state index in [9.17, 15) is 14.4 Å². The average molecular weight is 415 g/mol. The van der Waals surface area contributed by atoms with Crippen LogP contribution in [0.5, 0.6) is 0 Å². The van der Waals surface area contributed by atoms with Gasteiger partial charge in [0.15, 0.2) is 12.4 Å². The maximum atomic E-state index is 12.4. The van der Waals surface area contributed by atoms with E-state index in [-0.39, 0.29) is 29.9 Å². The van der Waals surface area contributed by atoms with Crippen molar-refractivity contribution in [2.45, 2.75) is 26.3 Å². The number of ether oxygens (including phenoxy) is 1. The van der Waals surface area contributed by atoms with E-state index in [2.05, 4.69) is 5.32 Å². The average Bonchev–Trinajstić information content (AvgIpc) is 2.82. The minimum absolute atomic E-state index is 0.124. The lowest BCUT2D eigenvalue weighted by molar-refractivity contribution is -0.125. The van der Waals surface area contributed by atoms with Gasteiger partial charge < -0.3 is 10.1 Å². The van der Waals surface area contributed by atoms with E-state index in [1.807, 2.05) is 44.2 Å². The Balaban J connectivity index is 1.54. The Bertz CT molecular complexity index is 1040. The maximum absolute atomic E-state index is 12.4. The van der Waals surface area contributed by atoms with Gasteiger partial charge in [-0.25, -0.2) is 4.79 Å². The topological polar surface area (TPSA) is 72.5 Å². The molecule has 0 spiro atoms. The summed E-state index contributed by atoms with van der Waals surface area (Å²) in [6, 6.07) is 22.9. The van der Waals surface area contributed by atoms with Gasteiger partial charge in [-0.3, -0.25) is 9.59 Å². The van der Waals surface area contributed by atoms with Gasteiger partial charge in [0.1, 0.15) is 0 Å². The van der Waals surface area contributed by atoms with E-state index in [4.69, 9.17) is 4.74 Å². The number of aryl methyl sites for hydroxylation is 1. The Morgan fingerprint density at radius 1 is 0.806 bits per heavy atom. The summed E-state index contributed by atoms with van der Waals surface area (Å²) < 4.78 is 5.14. The standard InChI is InChI=1S/C26H25NO4/c1-3-23(19-11-9-18(2)10-12-19)27-24(28)17-31-26(30)22-15-13-21(14-16-22)25(29)20-7-5-4-6-8-20/h4-16,23H,3,17H2,1-2H3,(H,27,28)/t23-/m1/s1. The highest BCUT2D eigenvalue weighted by Crippen LogP contribution is 2.17. The zero-order chi connectivity index (χ0) is 22.2. The quantitative estimate of drug-likeness (QED) is 0.429. The number of hydrogen-bond acceptors (Lipinski definition) is 4. The zero-order valence-electron chi connectivity index (χ0n) is 17.6. The number of carbonyl (C=O) groups excluding carboxylic acids is 3. The first kappa shape index (κ1) is 22.0. The molecule has 3 aromatic carbocycles. The number of amides is 1. The molecule has 1 amide bonds. The van der Waals surface area contributed by atoms with Crippen molar-refractivity contribution in [3.63, 3.8) is 0 Å². The molecule has 0 aliphatic carbocycles. The van der Waals surface area contributed by atoms with Crippen LogP contribution < -0.4 is 5.32 Å². The summed E-state index contributed by atoms with van der Waals surface area (Å²) in [7, 11) is 0. The molecule has 5 heteroatoms. The summed E-state index contributed by atoms with van der Waals surface area (Å²) in [5.74, 6) is -1.10. The normalized spacial score (nSPS) is 11.4. The molecule has 0 aliphatic rings. The summed E-state index contributed by atoms with van der Waals surface area (Å²) in [4.78, 5) is 37.0. The molecule has 0 saturated heterocycles. The molecule has 0 saturated carbocycles. The molecular weight excluding hydrogens is 390 g/mol. The van der Waals surface area contributed by atoms with Crippen LogP contribution in [0.1, 0.15) is 56.8 Å². The molecule has 0 bridgehead atoms. The van der Waals surface area contributed by atoms with Crippen LogP contribution >= 0.6 is 0 Å². The Hall–Kier alpha value is -3.73. The van der Waals surface area contributed by atoms with Crippen LogP contribution in [0.25, 0.3) is 0 Å². The minimum atomic E-state index is -0.614. The summed E-state index contributed by atoms with van der Waals surface area (Å²) in [6.07, 6.45) is 0.722. The van der Waals surface area contributed by atoms with Crippen molar-refractivity contribution in [1.29, 1.82) is 0 Å². The summed E-state index contributed by atoms with van der Waals surface area (Å²) in [6.45, 7) is 3.62. The van der Waals surface area contributed by atoms with Crippen LogP contribution in [0.15, 0.2) is 78.9 Å². The van der Waals surface area contributed by atoms with Gasteiger partial charge in [-0.1, -0.05) is 79.2 Å².